The van der Waals surface area contributed by atoms with Gasteiger partial charge in [0.15, 0.2) is 0 Å². The smallest absolute Gasteiger partial charge is 0.235 e. The van der Waals surface area contributed by atoms with Crippen LogP contribution in [0.15, 0.2) is 0 Å². The van der Waals surface area contributed by atoms with Gasteiger partial charge in [0.1, 0.15) is 0 Å². The summed E-state index contributed by atoms with van der Waals surface area (Å²) in [4.78, 5) is 21.5. The van der Waals surface area contributed by atoms with Crippen LogP contribution in [-0.4, -0.2) is 24.4 Å². The van der Waals surface area contributed by atoms with Crippen LogP contribution in [0, 0.1) is 5.41 Å². The molecule has 0 spiro atoms. The average Bonchev–Trinajstić information content (AvgIpc) is 1.94. The summed E-state index contributed by atoms with van der Waals surface area (Å²) in [5, 5.41) is 2.92. The lowest BCUT2D eigenvalue weighted by Crippen LogP contribution is -2.46. The van der Waals surface area contributed by atoms with Crippen LogP contribution in [0.25, 0.3) is 0 Å². The van der Waals surface area contributed by atoms with Crippen LogP contribution < -0.4 is 16.8 Å². The maximum Gasteiger partial charge on any atom is 0.235 e. The summed E-state index contributed by atoms with van der Waals surface area (Å²) in [5.74, 6) is -1.08. The first-order valence-corrected chi connectivity index (χ1v) is 4.53. The van der Waals surface area contributed by atoms with Gasteiger partial charge in [-0.3, -0.25) is 9.59 Å². The highest BCUT2D eigenvalue weighted by Gasteiger charge is 2.20. The molecule has 2 amide bonds. The molecule has 0 aromatic rings. The topological polar surface area (TPSA) is 98.2 Å². The minimum atomic E-state index is -0.660. The summed E-state index contributed by atoms with van der Waals surface area (Å²) < 4.78 is 0. The van der Waals surface area contributed by atoms with E-state index in [-0.39, 0.29) is 11.8 Å². The van der Waals surface area contributed by atoms with Crippen LogP contribution >= 0.6 is 0 Å². The fourth-order valence-electron chi connectivity index (χ4n) is 0.904. The Kier molecular flexibility index (Phi) is 4.56. The first kappa shape index (κ1) is 12.9. The molecule has 0 aliphatic heterocycles. The van der Waals surface area contributed by atoms with Crippen LogP contribution in [-0.2, 0) is 9.59 Å². The molecule has 0 saturated heterocycles. The Hall–Kier alpha value is -1.10. The van der Waals surface area contributed by atoms with Crippen molar-refractivity contribution in [1.29, 1.82) is 0 Å². The second kappa shape index (κ2) is 4.95. The van der Waals surface area contributed by atoms with Gasteiger partial charge in [0.05, 0.1) is 12.5 Å². The zero-order valence-electron chi connectivity index (χ0n) is 8.96. The van der Waals surface area contributed by atoms with Gasteiger partial charge >= 0.3 is 0 Å². The molecule has 5 heteroatoms. The van der Waals surface area contributed by atoms with E-state index in [0.29, 0.717) is 6.54 Å². The Balaban J connectivity index is 4.11. The summed E-state index contributed by atoms with van der Waals surface area (Å²) in [5.41, 5.74) is 10.1. The first-order valence-electron chi connectivity index (χ1n) is 4.53. The van der Waals surface area contributed by atoms with Crippen molar-refractivity contribution in [2.75, 3.05) is 6.54 Å². The second-order valence-corrected chi connectivity index (χ2v) is 4.57. The van der Waals surface area contributed by atoms with E-state index in [0.717, 1.165) is 0 Å². The van der Waals surface area contributed by atoms with Gasteiger partial charge in [-0.1, -0.05) is 20.8 Å². The molecule has 0 bridgehead atoms. The van der Waals surface area contributed by atoms with Crippen molar-refractivity contribution in [3.8, 4) is 0 Å². The van der Waals surface area contributed by atoms with Crippen molar-refractivity contribution >= 4 is 11.8 Å². The molecule has 0 aromatic carbocycles. The van der Waals surface area contributed by atoms with Gasteiger partial charge in [-0.15, -0.1) is 0 Å². The minimum absolute atomic E-state index is 0.0331. The van der Waals surface area contributed by atoms with E-state index in [1.807, 2.05) is 20.8 Å². The summed E-state index contributed by atoms with van der Waals surface area (Å²) in [6.07, 6.45) is -0.0502. The molecule has 0 heterocycles. The number of amides is 2. The molecule has 0 saturated carbocycles. The molecule has 14 heavy (non-hydrogen) atoms. The molecule has 1 atom stereocenters. The average molecular weight is 201 g/mol. The lowest BCUT2D eigenvalue weighted by molar-refractivity contribution is -0.125. The SMILES string of the molecule is CC(C)(C)CN[C@@H](CC(N)=O)C(N)=O. The van der Waals surface area contributed by atoms with Crippen LogP contribution in [0.5, 0.6) is 0 Å². The maximum atomic E-state index is 10.9. The van der Waals surface area contributed by atoms with Gasteiger partial charge in [-0.05, 0) is 5.41 Å². The Bertz CT molecular complexity index is 221. The van der Waals surface area contributed by atoms with E-state index >= 15 is 0 Å². The van der Waals surface area contributed by atoms with Crippen molar-refractivity contribution in [2.24, 2.45) is 16.9 Å². The molecule has 0 aromatic heterocycles. The molecule has 0 radical (unpaired) electrons. The summed E-state index contributed by atoms with van der Waals surface area (Å²) >= 11 is 0. The first-order chi connectivity index (χ1) is 6.22. The van der Waals surface area contributed by atoms with Crippen LogP contribution in [0.2, 0.25) is 0 Å². The molecule has 0 aliphatic carbocycles. The standard InChI is InChI=1S/C9H19N3O2/c1-9(2,3)5-12-6(8(11)14)4-7(10)13/h6,12H,4-5H2,1-3H3,(H2,10,13)(H2,11,14)/t6-/m0/s1. The molecule has 5 nitrogen and oxygen atoms in total. The monoisotopic (exact) mass is 201 g/mol. The van der Waals surface area contributed by atoms with Crippen molar-refractivity contribution in [1.82, 2.24) is 5.32 Å². The third kappa shape index (κ3) is 6.42. The fourth-order valence-corrected chi connectivity index (χ4v) is 0.904. The van der Waals surface area contributed by atoms with E-state index in [4.69, 9.17) is 11.5 Å². The van der Waals surface area contributed by atoms with Crippen molar-refractivity contribution in [3.05, 3.63) is 0 Å². The highest BCUT2D eigenvalue weighted by Crippen LogP contribution is 2.11. The number of hydrogen-bond acceptors (Lipinski definition) is 3. The molecule has 0 rings (SSSR count). The summed E-state index contributed by atoms with van der Waals surface area (Å²) in [6.45, 7) is 6.65. The number of rotatable bonds is 5. The molecular formula is C9H19N3O2. The van der Waals surface area contributed by atoms with Crippen molar-refractivity contribution in [3.63, 3.8) is 0 Å². The maximum absolute atomic E-state index is 10.9. The van der Waals surface area contributed by atoms with Crippen molar-refractivity contribution < 1.29 is 9.59 Å². The zero-order valence-corrected chi connectivity index (χ0v) is 8.96. The van der Waals surface area contributed by atoms with E-state index in [9.17, 15) is 9.59 Å². The normalized spacial score (nSPS) is 13.6. The van der Waals surface area contributed by atoms with Gasteiger partial charge in [0.25, 0.3) is 0 Å². The number of nitrogens with two attached hydrogens (primary N) is 2. The minimum Gasteiger partial charge on any atom is -0.370 e. The molecule has 82 valence electrons. The Morgan fingerprint density at radius 1 is 1.29 bits per heavy atom. The van der Waals surface area contributed by atoms with E-state index in [1.165, 1.54) is 0 Å². The molecule has 0 aliphatic rings. The summed E-state index contributed by atoms with van der Waals surface area (Å²) in [7, 11) is 0. The molecule has 5 N–H and O–H groups in total. The Labute approximate surface area is 84.2 Å². The van der Waals surface area contributed by atoms with E-state index < -0.39 is 17.9 Å². The predicted octanol–water partition coefficient (Wildman–Crippen LogP) is -0.649. The highest BCUT2D eigenvalue weighted by atomic mass is 16.2. The molecular weight excluding hydrogens is 182 g/mol. The van der Waals surface area contributed by atoms with E-state index in [1.54, 1.807) is 0 Å². The lowest BCUT2D eigenvalue weighted by Gasteiger charge is -2.22. The number of nitrogens with one attached hydrogen (secondary N) is 1. The zero-order chi connectivity index (χ0) is 11.4. The summed E-state index contributed by atoms with van der Waals surface area (Å²) in [6, 6.07) is -0.660. The van der Waals surface area contributed by atoms with Crippen LogP contribution in [0.4, 0.5) is 0 Å². The van der Waals surface area contributed by atoms with E-state index in [2.05, 4.69) is 5.32 Å². The van der Waals surface area contributed by atoms with Gasteiger partial charge in [-0.2, -0.15) is 0 Å². The second-order valence-electron chi connectivity index (χ2n) is 4.57. The van der Waals surface area contributed by atoms with Crippen molar-refractivity contribution in [2.45, 2.75) is 33.2 Å². The number of carbonyl (C=O) groups excluding carboxylic acids is 2. The number of hydrogen-bond donors (Lipinski definition) is 3. The predicted molar refractivity (Wildman–Crippen MR) is 54.3 cm³/mol. The largest absolute Gasteiger partial charge is 0.370 e. The quantitative estimate of drug-likeness (QED) is 0.551. The third-order valence-electron chi connectivity index (χ3n) is 1.63. The highest BCUT2D eigenvalue weighted by molar-refractivity contribution is 5.86. The van der Waals surface area contributed by atoms with Gasteiger partial charge in [-0.25, -0.2) is 0 Å². The van der Waals surface area contributed by atoms with Gasteiger partial charge in [0.2, 0.25) is 11.8 Å². The van der Waals surface area contributed by atoms with Gasteiger partial charge < -0.3 is 16.8 Å². The fraction of sp³-hybridized carbons (Fsp3) is 0.778. The number of primary amides is 2. The molecule has 0 unspecified atom stereocenters. The lowest BCUT2D eigenvalue weighted by atomic mass is 9.96. The Morgan fingerprint density at radius 3 is 2.07 bits per heavy atom. The molecule has 0 fully saturated rings. The van der Waals surface area contributed by atoms with Crippen LogP contribution in [0.3, 0.4) is 0 Å². The van der Waals surface area contributed by atoms with Crippen LogP contribution in [0.1, 0.15) is 27.2 Å². The number of carbonyl (C=O) groups is 2. The third-order valence-corrected chi connectivity index (χ3v) is 1.63. The van der Waals surface area contributed by atoms with Gasteiger partial charge in [0, 0.05) is 6.54 Å². The Morgan fingerprint density at radius 2 is 1.79 bits per heavy atom.